The first-order valence-electron chi connectivity index (χ1n) is 1.35. The van der Waals surface area contributed by atoms with Crippen LogP contribution in [-0.4, -0.2) is 6.61 Å². The van der Waals surface area contributed by atoms with Gasteiger partial charge < -0.3 is 5.11 Å². The smallest absolute Gasteiger partial charge is 0.0798 e. The summed E-state index contributed by atoms with van der Waals surface area (Å²) in [5, 5.41) is 9.47. The molecule has 0 rings (SSSR count). The minimum atomic E-state index is -0.250. The first-order valence-corrected chi connectivity index (χ1v) is 1.35. The molecule has 0 unspecified atom stereocenters. The van der Waals surface area contributed by atoms with Gasteiger partial charge in [-0.25, -0.2) is 0 Å². The Morgan fingerprint density at radius 2 is 2.20 bits per heavy atom. The highest BCUT2D eigenvalue weighted by atomic mass is 16.3. The molecule has 1 heteroatoms. The van der Waals surface area contributed by atoms with Crippen LogP contribution >= 0.6 is 0 Å². The molecule has 0 aliphatic heterocycles. The van der Waals surface area contributed by atoms with Crippen LogP contribution in [0.25, 0.3) is 0 Å². The monoisotopic (exact) mass is 70.0 g/mol. The zero-order valence-electron chi connectivity index (χ0n) is 3.03. The van der Waals surface area contributed by atoms with Gasteiger partial charge in [0.2, 0.25) is 0 Å². The van der Waals surface area contributed by atoms with E-state index in [4.69, 9.17) is 0 Å². The van der Waals surface area contributed by atoms with Gasteiger partial charge in [-0.05, 0) is 0 Å². The molecule has 0 aliphatic carbocycles. The van der Waals surface area contributed by atoms with Gasteiger partial charge in [-0.3, -0.25) is 0 Å². The Balaban J connectivity index is 2.85. The highest BCUT2D eigenvalue weighted by molar-refractivity contribution is 4.95. The molecule has 0 N–H and O–H groups in total. The molecule has 0 radical (unpaired) electrons. The van der Waals surface area contributed by atoms with Crippen molar-refractivity contribution in [3.63, 3.8) is 0 Å². The van der Waals surface area contributed by atoms with E-state index in [1.807, 2.05) is 0 Å². The third-order valence-corrected chi connectivity index (χ3v) is 0.204. The first-order chi connectivity index (χ1) is 2.27. The van der Waals surface area contributed by atoms with Crippen LogP contribution in [0.1, 0.15) is 0 Å². The van der Waals surface area contributed by atoms with Crippen molar-refractivity contribution in [1.29, 1.82) is 0 Å². The van der Waals surface area contributed by atoms with Crippen LogP contribution in [0, 0.1) is 6.92 Å². The van der Waals surface area contributed by atoms with Crippen LogP contribution in [0.3, 0.4) is 0 Å². The first kappa shape index (κ1) is 4.57. The van der Waals surface area contributed by atoms with Crippen molar-refractivity contribution in [2.45, 2.75) is 0 Å². The Morgan fingerprint density at radius 3 is 2.20 bits per heavy atom. The molecule has 0 heterocycles. The minimum absolute atomic E-state index is 0.250. The minimum Gasteiger partial charge on any atom is -0.848 e. The fourth-order valence-corrected chi connectivity index (χ4v) is 0. The average Bonchev–Trinajstić information content (AvgIpc) is 1.38. The summed E-state index contributed by atoms with van der Waals surface area (Å²) in [5.74, 6) is 0. The number of hydrogen-bond acceptors (Lipinski definition) is 1. The molecule has 0 atom stereocenters. The van der Waals surface area contributed by atoms with Gasteiger partial charge in [-0.2, -0.15) is 0 Å². The topological polar surface area (TPSA) is 23.1 Å². The maximum Gasteiger partial charge on any atom is 0.0798 e. The van der Waals surface area contributed by atoms with E-state index in [2.05, 4.69) is 13.5 Å². The van der Waals surface area contributed by atoms with Gasteiger partial charge in [-0.15, -0.1) is 0 Å². The Labute approximate surface area is 31.9 Å². The lowest BCUT2D eigenvalue weighted by Gasteiger charge is -1.88. The molecule has 0 saturated carbocycles. The van der Waals surface area contributed by atoms with Gasteiger partial charge in [0.1, 0.15) is 0 Å². The average molecular weight is 70.1 g/mol. The lowest BCUT2D eigenvalue weighted by Crippen LogP contribution is -2.04. The summed E-state index contributed by atoms with van der Waals surface area (Å²) in [6.45, 7) is 6.25. The fraction of sp³-hybridized carbons (Fsp3) is 0.250. The van der Waals surface area contributed by atoms with E-state index in [0.717, 1.165) is 0 Å². The summed E-state index contributed by atoms with van der Waals surface area (Å²) >= 11 is 0. The molecule has 0 saturated heterocycles. The van der Waals surface area contributed by atoms with Crippen LogP contribution in [0.4, 0.5) is 0 Å². The molecular formula is C4H6O. The van der Waals surface area contributed by atoms with E-state index < -0.39 is 0 Å². The Kier molecular flexibility index (Phi) is 1.69. The van der Waals surface area contributed by atoms with Crippen molar-refractivity contribution in [2.24, 2.45) is 0 Å². The van der Waals surface area contributed by atoms with E-state index in [1.165, 1.54) is 0 Å². The summed E-state index contributed by atoms with van der Waals surface area (Å²) in [6, 6.07) is 0. The van der Waals surface area contributed by atoms with E-state index >= 15 is 0 Å². The van der Waals surface area contributed by atoms with Gasteiger partial charge in [0.15, 0.2) is 0 Å². The van der Waals surface area contributed by atoms with E-state index in [9.17, 15) is 5.11 Å². The molecule has 28 valence electrons. The standard InChI is InChI=1S/C4H6O/c1-4(2)3-5/h1-3H2. The van der Waals surface area contributed by atoms with Crippen LogP contribution in [0.2, 0.25) is 0 Å². The molecule has 0 spiro atoms. The molecule has 0 aromatic rings. The maximum atomic E-state index is 9.47. The molecule has 0 aliphatic rings. The summed E-state index contributed by atoms with van der Waals surface area (Å²) in [5.41, 5.74) is 0.449. The Bertz CT molecular complexity index is 38.9. The number of hydrogen-bond donors (Lipinski definition) is 0. The zero-order valence-corrected chi connectivity index (χ0v) is 3.03. The molecule has 5 heavy (non-hydrogen) atoms. The lowest BCUT2D eigenvalue weighted by atomic mass is 10.4. The summed E-state index contributed by atoms with van der Waals surface area (Å²) in [6.07, 6.45) is 0. The van der Waals surface area contributed by atoms with Crippen molar-refractivity contribution in [2.75, 3.05) is 6.61 Å². The van der Waals surface area contributed by atoms with Gasteiger partial charge in [0.05, 0.1) is 5.57 Å². The van der Waals surface area contributed by atoms with Crippen molar-refractivity contribution in [3.8, 4) is 0 Å². The van der Waals surface area contributed by atoms with Gasteiger partial charge in [-0.1, -0.05) is 6.61 Å². The van der Waals surface area contributed by atoms with Gasteiger partial charge >= 0.3 is 0 Å². The van der Waals surface area contributed by atoms with E-state index in [1.54, 1.807) is 0 Å². The lowest BCUT2D eigenvalue weighted by molar-refractivity contribution is -0.355. The Hall–Kier alpha value is -0.430. The van der Waals surface area contributed by atoms with Crippen molar-refractivity contribution in [1.82, 2.24) is 0 Å². The molecule has 0 amide bonds. The second-order valence-corrected chi connectivity index (χ2v) is 0.894. The molecular weight excluding hydrogens is 64.0 g/mol. The molecule has 1 nitrogen and oxygen atoms in total. The van der Waals surface area contributed by atoms with Crippen LogP contribution in [0.5, 0.6) is 0 Å². The van der Waals surface area contributed by atoms with Crippen LogP contribution in [-0.2, 0) is 0 Å². The molecule has 0 aromatic heterocycles. The normalized spacial score (nSPS) is 7.40. The summed E-state index contributed by atoms with van der Waals surface area (Å²) < 4.78 is 0. The molecule has 0 bridgehead atoms. The third-order valence-electron chi connectivity index (χ3n) is 0.204. The fourth-order valence-electron chi connectivity index (χ4n) is 0. The van der Waals surface area contributed by atoms with Gasteiger partial charge in [0.25, 0.3) is 0 Å². The highest BCUT2D eigenvalue weighted by Gasteiger charge is 1.70. The molecule has 0 aromatic carbocycles. The summed E-state index contributed by atoms with van der Waals surface area (Å²) in [7, 11) is 0. The quantitative estimate of drug-likeness (QED) is 0.390. The van der Waals surface area contributed by atoms with Crippen LogP contribution in [0.15, 0.2) is 12.2 Å². The van der Waals surface area contributed by atoms with E-state index in [-0.39, 0.29) is 6.61 Å². The van der Waals surface area contributed by atoms with Crippen molar-refractivity contribution < 1.29 is 5.11 Å². The number of rotatable bonds is 1. The highest BCUT2D eigenvalue weighted by Crippen LogP contribution is 1.72. The second kappa shape index (κ2) is 1.85. The van der Waals surface area contributed by atoms with E-state index in [0.29, 0.717) is 5.57 Å². The molecule has 0 fully saturated rings. The van der Waals surface area contributed by atoms with Crippen LogP contribution < -0.4 is 5.11 Å². The Morgan fingerprint density at radius 1 is 2.00 bits per heavy atom. The zero-order chi connectivity index (χ0) is 4.28. The SMILES string of the molecule is C=C([CH2+])C[O-]. The predicted octanol–water partition coefficient (Wildman–Crippen LogP) is -0.263. The maximum absolute atomic E-state index is 9.47. The van der Waals surface area contributed by atoms with Crippen molar-refractivity contribution >= 4 is 0 Å². The van der Waals surface area contributed by atoms with Crippen molar-refractivity contribution in [3.05, 3.63) is 19.1 Å². The van der Waals surface area contributed by atoms with Gasteiger partial charge in [0, 0.05) is 13.5 Å². The third kappa shape index (κ3) is 3.57. The summed E-state index contributed by atoms with van der Waals surface area (Å²) in [4.78, 5) is 0. The predicted molar refractivity (Wildman–Crippen MR) is 19.4 cm³/mol. The largest absolute Gasteiger partial charge is 0.848 e. The second-order valence-electron chi connectivity index (χ2n) is 0.894.